The second kappa shape index (κ2) is 13.2. The third kappa shape index (κ3) is 5.82. The van der Waals surface area contributed by atoms with Gasteiger partial charge in [0, 0.05) is 16.7 Å². The summed E-state index contributed by atoms with van der Waals surface area (Å²) in [5.74, 6) is 1.92. The topological polar surface area (TPSA) is 38.7 Å². The minimum absolute atomic E-state index is 0.636. The van der Waals surface area contributed by atoms with Crippen LogP contribution in [0.4, 0.5) is 0 Å². The van der Waals surface area contributed by atoms with Gasteiger partial charge >= 0.3 is 0 Å². The number of hydrogen-bond donors (Lipinski definition) is 0. The average molecular weight is 666 g/mol. The van der Waals surface area contributed by atoms with Crippen molar-refractivity contribution < 1.29 is 0 Å². The van der Waals surface area contributed by atoms with Crippen molar-refractivity contribution in [3.05, 3.63) is 187 Å². The van der Waals surface area contributed by atoms with E-state index >= 15 is 0 Å². The van der Waals surface area contributed by atoms with Gasteiger partial charge in [-0.25, -0.2) is 15.0 Å². The van der Waals surface area contributed by atoms with Crippen LogP contribution in [0.25, 0.3) is 89.1 Å². The molecule has 0 aliphatic rings. The van der Waals surface area contributed by atoms with E-state index in [-0.39, 0.29) is 0 Å². The maximum atomic E-state index is 5.16. The Bertz CT molecular complexity index is 2670. The summed E-state index contributed by atoms with van der Waals surface area (Å²) in [7, 11) is 0. The molecule has 9 rings (SSSR count). The molecule has 3 heteroatoms. The van der Waals surface area contributed by atoms with Crippen molar-refractivity contribution in [1.29, 1.82) is 0 Å². The van der Waals surface area contributed by atoms with Crippen molar-refractivity contribution in [3.8, 4) is 67.5 Å². The lowest BCUT2D eigenvalue weighted by atomic mass is 9.86. The maximum Gasteiger partial charge on any atom is 0.164 e. The zero-order valence-electron chi connectivity index (χ0n) is 29.1. The molecule has 0 aliphatic carbocycles. The molecule has 52 heavy (non-hydrogen) atoms. The van der Waals surface area contributed by atoms with Crippen LogP contribution >= 0.6 is 0 Å². The lowest BCUT2D eigenvalue weighted by Gasteiger charge is -2.18. The Kier molecular flexibility index (Phi) is 7.94. The van der Waals surface area contributed by atoms with Gasteiger partial charge in [0.25, 0.3) is 0 Å². The molecule has 246 valence electrons. The molecular formula is C49H35N3. The van der Waals surface area contributed by atoms with Gasteiger partial charge in [-0.1, -0.05) is 175 Å². The Morgan fingerprint density at radius 1 is 0.269 bits per heavy atom. The maximum absolute atomic E-state index is 5.16. The number of nitrogens with zero attached hydrogens (tertiary/aromatic N) is 3. The predicted octanol–water partition coefficient (Wildman–Crippen LogP) is 12.8. The molecule has 0 saturated carbocycles. The molecule has 0 aliphatic heterocycles. The first-order valence-corrected chi connectivity index (χ1v) is 17.7. The van der Waals surface area contributed by atoms with E-state index in [1.165, 1.54) is 54.9 Å². The molecule has 3 nitrogen and oxygen atoms in total. The van der Waals surface area contributed by atoms with Gasteiger partial charge in [-0.2, -0.15) is 0 Å². The molecule has 8 aromatic carbocycles. The van der Waals surface area contributed by atoms with E-state index in [1.807, 2.05) is 18.2 Å². The van der Waals surface area contributed by atoms with E-state index in [4.69, 9.17) is 15.0 Å². The first-order valence-electron chi connectivity index (χ1n) is 17.7. The summed E-state index contributed by atoms with van der Waals surface area (Å²) in [4.78, 5) is 15.3. The minimum Gasteiger partial charge on any atom is -0.208 e. The Morgan fingerprint density at radius 3 is 1.15 bits per heavy atom. The van der Waals surface area contributed by atoms with Crippen LogP contribution in [0.1, 0.15) is 11.1 Å². The van der Waals surface area contributed by atoms with Crippen LogP contribution in [0.2, 0.25) is 0 Å². The quantitative estimate of drug-likeness (QED) is 0.166. The van der Waals surface area contributed by atoms with Crippen LogP contribution in [0.5, 0.6) is 0 Å². The summed E-state index contributed by atoms with van der Waals surface area (Å²) in [6.07, 6.45) is 0. The van der Waals surface area contributed by atoms with Crippen molar-refractivity contribution in [2.45, 2.75) is 13.8 Å². The van der Waals surface area contributed by atoms with Crippen LogP contribution in [0.15, 0.2) is 176 Å². The minimum atomic E-state index is 0.636. The van der Waals surface area contributed by atoms with Gasteiger partial charge in [0.2, 0.25) is 0 Å². The fourth-order valence-corrected chi connectivity index (χ4v) is 7.50. The van der Waals surface area contributed by atoms with E-state index in [2.05, 4.69) is 172 Å². The number of benzene rings is 8. The van der Waals surface area contributed by atoms with Gasteiger partial charge in [0.1, 0.15) is 0 Å². The Hall–Kier alpha value is -6.71. The van der Waals surface area contributed by atoms with Crippen LogP contribution in [-0.4, -0.2) is 15.0 Å². The van der Waals surface area contributed by atoms with E-state index in [0.717, 1.165) is 27.8 Å². The van der Waals surface area contributed by atoms with E-state index < -0.39 is 0 Å². The molecular weight excluding hydrogens is 631 g/mol. The molecule has 0 atom stereocenters. The van der Waals surface area contributed by atoms with Crippen LogP contribution in [0.3, 0.4) is 0 Å². The van der Waals surface area contributed by atoms with Crippen molar-refractivity contribution >= 4 is 21.5 Å². The lowest BCUT2D eigenvalue weighted by molar-refractivity contribution is 1.07. The van der Waals surface area contributed by atoms with Gasteiger partial charge in [-0.05, 0) is 80.9 Å². The van der Waals surface area contributed by atoms with Crippen LogP contribution in [-0.2, 0) is 0 Å². The molecule has 0 fully saturated rings. The summed E-state index contributed by atoms with van der Waals surface area (Å²) in [5, 5.41) is 4.87. The van der Waals surface area contributed by atoms with Crippen LogP contribution < -0.4 is 0 Å². The average Bonchev–Trinajstić information content (AvgIpc) is 3.20. The van der Waals surface area contributed by atoms with Crippen molar-refractivity contribution in [2.75, 3.05) is 0 Å². The lowest BCUT2D eigenvalue weighted by Crippen LogP contribution is -2.00. The highest BCUT2D eigenvalue weighted by molar-refractivity contribution is 6.21. The Labute approximate surface area is 304 Å². The standard InChI is InChI=1S/C49H35N3/c1-32-27-33(2)29-40(28-32)36-19-13-21-38(30-36)48-50-47(35-17-7-4-8-18-35)51-49(52-48)39-22-14-20-37(31-39)46-43-25-11-9-23-41(43)45(34-15-5-3-6-16-34)42-24-10-12-26-44(42)46/h3-31H,1-2H3. The summed E-state index contributed by atoms with van der Waals surface area (Å²) in [5.41, 5.74) is 12.4. The molecule has 9 aromatic rings. The molecule has 0 bridgehead atoms. The van der Waals surface area contributed by atoms with E-state index in [1.54, 1.807) is 0 Å². The third-order valence-corrected chi connectivity index (χ3v) is 9.75. The molecule has 0 amide bonds. The number of rotatable bonds is 6. The predicted molar refractivity (Wildman–Crippen MR) is 217 cm³/mol. The van der Waals surface area contributed by atoms with Gasteiger partial charge in [-0.15, -0.1) is 0 Å². The summed E-state index contributed by atoms with van der Waals surface area (Å²) < 4.78 is 0. The zero-order chi connectivity index (χ0) is 35.0. The second-order valence-corrected chi connectivity index (χ2v) is 13.4. The number of hydrogen-bond acceptors (Lipinski definition) is 3. The highest BCUT2D eigenvalue weighted by Crippen LogP contribution is 2.44. The monoisotopic (exact) mass is 665 g/mol. The van der Waals surface area contributed by atoms with Crippen molar-refractivity contribution in [1.82, 2.24) is 15.0 Å². The number of aromatic nitrogens is 3. The van der Waals surface area contributed by atoms with Gasteiger partial charge < -0.3 is 0 Å². The molecule has 0 spiro atoms. The van der Waals surface area contributed by atoms with Gasteiger partial charge in [-0.3, -0.25) is 0 Å². The number of aryl methyl sites for hydroxylation is 2. The Balaban J connectivity index is 1.23. The summed E-state index contributed by atoms with van der Waals surface area (Å²) in [6, 6.07) is 62.2. The SMILES string of the molecule is Cc1cc(C)cc(-c2cccc(-c3nc(-c4ccccc4)nc(-c4cccc(-c5c6ccccc6c(-c6ccccc6)c6ccccc56)c4)n3)c2)c1. The fraction of sp³-hybridized carbons (Fsp3) is 0.0408. The normalized spacial score (nSPS) is 11.3. The molecule has 0 unspecified atom stereocenters. The second-order valence-electron chi connectivity index (χ2n) is 13.4. The molecule has 1 heterocycles. The van der Waals surface area contributed by atoms with Crippen molar-refractivity contribution in [3.63, 3.8) is 0 Å². The van der Waals surface area contributed by atoms with E-state index in [9.17, 15) is 0 Å². The van der Waals surface area contributed by atoms with Crippen molar-refractivity contribution in [2.24, 2.45) is 0 Å². The fourth-order valence-electron chi connectivity index (χ4n) is 7.50. The Morgan fingerprint density at radius 2 is 0.635 bits per heavy atom. The van der Waals surface area contributed by atoms with Crippen LogP contribution in [0, 0.1) is 13.8 Å². The first-order chi connectivity index (χ1) is 25.6. The van der Waals surface area contributed by atoms with E-state index in [0.29, 0.717) is 17.5 Å². The molecule has 0 saturated heterocycles. The largest absolute Gasteiger partial charge is 0.208 e. The smallest absolute Gasteiger partial charge is 0.164 e. The zero-order valence-corrected chi connectivity index (χ0v) is 29.1. The molecule has 1 aromatic heterocycles. The number of fused-ring (bicyclic) bond motifs is 2. The third-order valence-electron chi connectivity index (χ3n) is 9.75. The van der Waals surface area contributed by atoms with Gasteiger partial charge in [0.15, 0.2) is 17.5 Å². The highest BCUT2D eigenvalue weighted by Gasteiger charge is 2.18. The summed E-state index contributed by atoms with van der Waals surface area (Å²) in [6.45, 7) is 4.28. The first kappa shape index (κ1) is 31.3. The summed E-state index contributed by atoms with van der Waals surface area (Å²) >= 11 is 0. The molecule has 0 radical (unpaired) electrons. The molecule has 0 N–H and O–H groups in total. The van der Waals surface area contributed by atoms with Gasteiger partial charge in [0.05, 0.1) is 0 Å². The highest BCUT2D eigenvalue weighted by atomic mass is 15.0.